The molecule has 1 fully saturated rings. The monoisotopic (exact) mass is 234 g/mol. The summed E-state index contributed by atoms with van der Waals surface area (Å²) in [6, 6.07) is 4.12. The van der Waals surface area contributed by atoms with Crippen LogP contribution in [0.25, 0.3) is 10.6 Å². The van der Waals surface area contributed by atoms with E-state index in [4.69, 9.17) is 0 Å². The zero-order valence-electron chi connectivity index (χ0n) is 8.97. The zero-order chi connectivity index (χ0) is 10.8. The molecule has 0 aliphatic carbocycles. The molecule has 84 valence electrons. The summed E-state index contributed by atoms with van der Waals surface area (Å²) in [5, 5.41) is 13.8. The first kappa shape index (κ1) is 9.99. The van der Waals surface area contributed by atoms with Crippen LogP contribution in [0.3, 0.4) is 0 Å². The van der Waals surface area contributed by atoms with Crippen molar-refractivity contribution in [3.63, 3.8) is 0 Å². The summed E-state index contributed by atoms with van der Waals surface area (Å²) in [4.78, 5) is 1.19. The van der Waals surface area contributed by atoms with E-state index in [1.807, 2.05) is 16.9 Å². The van der Waals surface area contributed by atoms with E-state index >= 15 is 0 Å². The maximum absolute atomic E-state index is 4.20. The van der Waals surface area contributed by atoms with E-state index in [-0.39, 0.29) is 0 Å². The molecule has 3 rings (SSSR count). The zero-order valence-corrected chi connectivity index (χ0v) is 9.78. The van der Waals surface area contributed by atoms with E-state index in [0.29, 0.717) is 5.92 Å². The summed E-state index contributed by atoms with van der Waals surface area (Å²) in [6.45, 7) is 3.22. The van der Waals surface area contributed by atoms with Crippen molar-refractivity contribution in [1.82, 2.24) is 20.3 Å². The largest absolute Gasteiger partial charge is 0.316 e. The molecule has 0 saturated carbocycles. The number of hydrogen-bond donors (Lipinski definition) is 1. The Bertz CT molecular complexity index is 442. The van der Waals surface area contributed by atoms with Gasteiger partial charge in [0, 0.05) is 6.54 Å². The predicted octanol–water partition coefficient (Wildman–Crippen LogP) is 1.62. The van der Waals surface area contributed by atoms with Gasteiger partial charge < -0.3 is 5.32 Å². The van der Waals surface area contributed by atoms with E-state index in [1.54, 1.807) is 11.3 Å². The van der Waals surface area contributed by atoms with Gasteiger partial charge in [0.05, 0.1) is 11.1 Å². The number of thiophene rings is 1. The van der Waals surface area contributed by atoms with Gasteiger partial charge in [-0.3, -0.25) is 4.68 Å². The maximum Gasteiger partial charge on any atom is 0.122 e. The topological polar surface area (TPSA) is 42.7 Å². The standard InChI is InChI=1S/C11H14N4S/c1-2-11(16-5-1)10-8-15(14-13-10)7-9-3-4-12-6-9/h1-2,5,8-9,12H,3-4,6-7H2. The molecule has 1 atom stereocenters. The van der Waals surface area contributed by atoms with Gasteiger partial charge in [0.1, 0.15) is 5.69 Å². The van der Waals surface area contributed by atoms with Crippen LogP contribution in [0.1, 0.15) is 6.42 Å². The third-order valence-electron chi connectivity index (χ3n) is 2.92. The fraction of sp³-hybridized carbons (Fsp3) is 0.455. The van der Waals surface area contributed by atoms with E-state index in [2.05, 4.69) is 27.1 Å². The Hall–Kier alpha value is -1.20. The van der Waals surface area contributed by atoms with E-state index in [9.17, 15) is 0 Å². The van der Waals surface area contributed by atoms with Crippen LogP contribution >= 0.6 is 11.3 Å². The molecule has 2 aromatic heterocycles. The van der Waals surface area contributed by atoms with Crippen molar-refractivity contribution in [3.8, 4) is 10.6 Å². The maximum atomic E-state index is 4.20. The second-order valence-corrected chi connectivity index (χ2v) is 5.11. The predicted molar refractivity (Wildman–Crippen MR) is 64.3 cm³/mol. The highest BCUT2D eigenvalue weighted by Gasteiger charge is 2.15. The fourth-order valence-electron chi connectivity index (χ4n) is 2.06. The summed E-state index contributed by atoms with van der Waals surface area (Å²) in [7, 11) is 0. The Morgan fingerprint density at radius 1 is 1.56 bits per heavy atom. The van der Waals surface area contributed by atoms with Crippen LogP contribution in [-0.4, -0.2) is 28.1 Å². The number of nitrogens with one attached hydrogen (secondary N) is 1. The van der Waals surface area contributed by atoms with Crippen molar-refractivity contribution in [1.29, 1.82) is 0 Å². The molecule has 0 bridgehead atoms. The molecule has 4 nitrogen and oxygen atoms in total. The molecule has 1 unspecified atom stereocenters. The lowest BCUT2D eigenvalue weighted by Gasteiger charge is -2.06. The molecular weight excluding hydrogens is 220 g/mol. The molecule has 1 aliphatic heterocycles. The van der Waals surface area contributed by atoms with Crippen molar-refractivity contribution in [2.75, 3.05) is 13.1 Å². The number of aromatic nitrogens is 3. The van der Waals surface area contributed by atoms with E-state index in [0.717, 1.165) is 25.3 Å². The lowest BCUT2D eigenvalue weighted by molar-refractivity contribution is 0.441. The Morgan fingerprint density at radius 3 is 3.31 bits per heavy atom. The minimum absolute atomic E-state index is 0.706. The third kappa shape index (κ3) is 2.01. The molecule has 0 aromatic carbocycles. The van der Waals surface area contributed by atoms with Crippen molar-refractivity contribution >= 4 is 11.3 Å². The Kier molecular flexibility index (Phi) is 2.71. The molecule has 1 N–H and O–H groups in total. The first-order valence-electron chi connectivity index (χ1n) is 5.56. The van der Waals surface area contributed by atoms with Gasteiger partial charge in [0.2, 0.25) is 0 Å². The highest BCUT2D eigenvalue weighted by Crippen LogP contribution is 2.22. The Labute approximate surface area is 98.3 Å². The molecule has 0 spiro atoms. The third-order valence-corrected chi connectivity index (χ3v) is 3.81. The molecule has 1 aliphatic rings. The van der Waals surface area contributed by atoms with Gasteiger partial charge in [-0.15, -0.1) is 16.4 Å². The summed E-state index contributed by atoms with van der Waals surface area (Å²) in [5.74, 6) is 0.706. The van der Waals surface area contributed by atoms with Crippen LogP contribution in [-0.2, 0) is 6.54 Å². The van der Waals surface area contributed by atoms with Crippen LogP contribution in [0.4, 0.5) is 0 Å². The first-order valence-corrected chi connectivity index (χ1v) is 6.44. The molecule has 2 aromatic rings. The van der Waals surface area contributed by atoms with Crippen LogP contribution in [0.2, 0.25) is 0 Å². The lowest BCUT2D eigenvalue weighted by atomic mass is 10.1. The van der Waals surface area contributed by atoms with Crippen molar-refractivity contribution < 1.29 is 0 Å². The van der Waals surface area contributed by atoms with Crippen molar-refractivity contribution in [3.05, 3.63) is 23.7 Å². The Balaban J connectivity index is 1.72. The van der Waals surface area contributed by atoms with Gasteiger partial charge in [-0.2, -0.15) is 0 Å². The highest BCUT2D eigenvalue weighted by molar-refractivity contribution is 7.13. The van der Waals surface area contributed by atoms with Gasteiger partial charge >= 0.3 is 0 Å². The van der Waals surface area contributed by atoms with E-state index < -0.39 is 0 Å². The average Bonchev–Trinajstić information content (AvgIpc) is 2.99. The van der Waals surface area contributed by atoms with Gasteiger partial charge in [0.15, 0.2) is 0 Å². The summed E-state index contributed by atoms with van der Waals surface area (Å²) >= 11 is 1.70. The SMILES string of the molecule is c1csc(-c2cn(CC3CCNC3)nn2)c1. The normalized spacial score (nSPS) is 20.4. The van der Waals surface area contributed by atoms with Crippen LogP contribution in [0.15, 0.2) is 23.7 Å². The molecule has 1 saturated heterocycles. The van der Waals surface area contributed by atoms with Gasteiger partial charge in [-0.1, -0.05) is 11.3 Å². The van der Waals surface area contributed by atoms with Crippen molar-refractivity contribution in [2.45, 2.75) is 13.0 Å². The molecule has 0 radical (unpaired) electrons. The summed E-state index contributed by atoms with van der Waals surface area (Å²) in [6.07, 6.45) is 3.29. The average molecular weight is 234 g/mol. The lowest BCUT2D eigenvalue weighted by Crippen LogP contribution is -2.14. The fourth-order valence-corrected chi connectivity index (χ4v) is 2.73. The van der Waals surface area contributed by atoms with Crippen molar-refractivity contribution in [2.24, 2.45) is 5.92 Å². The number of rotatable bonds is 3. The minimum Gasteiger partial charge on any atom is -0.316 e. The summed E-state index contributed by atoms with van der Waals surface area (Å²) in [5.41, 5.74) is 0.987. The van der Waals surface area contributed by atoms with Crippen LogP contribution < -0.4 is 5.32 Å². The molecule has 0 amide bonds. The molecule has 3 heterocycles. The van der Waals surface area contributed by atoms with Crippen LogP contribution in [0.5, 0.6) is 0 Å². The molecule has 16 heavy (non-hydrogen) atoms. The molecule has 5 heteroatoms. The van der Waals surface area contributed by atoms with Gasteiger partial charge in [0.25, 0.3) is 0 Å². The minimum atomic E-state index is 0.706. The summed E-state index contributed by atoms with van der Waals surface area (Å²) < 4.78 is 1.96. The van der Waals surface area contributed by atoms with E-state index in [1.165, 1.54) is 11.3 Å². The first-order chi connectivity index (χ1) is 7.92. The smallest absolute Gasteiger partial charge is 0.122 e. The number of nitrogens with zero attached hydrogens (tertiary/aromatic N) is 3. The number of hydrogen-bond acceptors (Lipinski definition) is 4. The highest BCUT2D eigenvalue weighted by atomic mass is 32.1. The quantitative estimate of drug-likeness (QED) is 0.877. The molecular formula is C11H14N4S. The Morgan fingerprint density at radius 2 is 2.56 bits per heavy atom. The van der Waals surface area contributed by atoms with Gasteiger partial charge in [-0.25, -0.2) is 0 Å². The van der Waals surface area contributed by atoms with Gasteiger partial charge in [-0.05, 0) is 36.9 Å². The second-order valence-electron chi connectivity index (χ2n) is 4.16. The van der Waals surface area contributed by atoms with Crippen LogP contribution in [0, 0.1) is 5.92 Å². The second kappa shape index (κ2) is 4.35.